The van der Waals surface area contributed by atoms with E-state index in [4.69, 9.17) is 4.42 Å². The highest BCUT2D eigenvalue weighted by Gasteiger charge is 2.31. The molecule has 0 fully saturated rings. The minimum Gasteiger partial charge on any atom is -0.418 e. The Bertz CT molecular complexity index is 612. The number of hydrogen-bond acceptors (Lipinski definition) is 4. The average molecular weight is 300 g/mol. The Balaban J connectivity index is 2.26. The molecule has 1 atom stereocenters. The lowest BCUT2D eigenvalue weighted by Gasteiger charge is -2.22. The number of alkyl halides is 3. The van der Waals surface area contributed by atoms with E-state index >= 15 is 0 Å². The first-order valence-electron chi connectivity index (χ1n) is 6.28. The molecule has 2 aromatic rings. The van der Waals surface area contributed by atoms with Crippen molar-refractivity contribution in [3.8, 4) is 11.5 Å². The largest absolute Gasteiger partial charge is 0.418 e. The van der Waals surface area contributed by atoms with Crippen LogP contribution in [0.2, 0.25) is 0 Å². The lowest BCUT2D eigenvalue weighted by molar-refractivity contribution is -0.137. The number of rotatable bonds is 2. The monoisotopic (exact) mass is 300 g/mol. The van der Waals surface area contributed by atoms with Gasteiger partial charge in [0.2, 0.25) is 11.8 Å². The molecule has 1 aromatic heterocycles. The zero-order chi connectivity index (χ0) is 15.8. The van der Waals surface area contributed by atoms with Crippen LogP contribution in [-0.4, -0.2) is 15.3 Å². The van der Waals surface area contributed by atoms with Gasteiger partial charge in [0.05, 0.1) is 5.56 Å². The topological polar surface area (TPSA) is 59.2 Å². The maximum absolute atomic E-state index is 12.5. The fraction of sp³-hybridized carbons (Fsp3) is 0.429. The van der Waals surface area contributed by atoms with E-state index in [0.29, 0.717) is 5.56 Å². The first kappa shape index (κ1) is 15.5. The highest BCUT2D eigenvalue weighted by atomic mass is 19.4. The Morgan fingerprint density at radius 3 is 2.10 bits per heavy atom. The van der Waals surface area contributed by atoms with Crippen LogP contribution < -0.4 is 0 Å². The number of benzene rings is 1. The summed E-state index contributed by atoms with van der Waals surface area (Å²) in [4.78, 5) is 0. The van der Waals surface area contributed by atoms with E-state index in [-0.39, 0.29) is 11.8 Å². The number of aliphatic hydroxyl groups excluding tert-OH is 1. The van der Waals surface area contributed by atoms with Crippen LogP contribution in [0.3, 0.4) is 0 Å². The second kappa shape index (κ2) is 5.14. The quantitative estimate of drug-likeness (QED) is 0.915. The lowest BCUT2D eigenvalue weighted by atomic mass is 9.89. The first-order valence-corrected chi connectivity index (χ1v) is 6.28. The third kappa shape index (κ3) is 3.41. The Morgan fingerprint density at radius 2 is 1.62 bits per heavy atom. The molecule has 1 N–H and O–H groups in total. The van der Waals surface area contributed by atoms with Crippen LogP contribution in [0.4, 0.5) is 13.2 Å². The molecule has 114 valence electrons. The van der Waals surface area contributed by atoms with Crippen LogP contribution in [0, 0.1) is 5.41 Å². The number of aliphatic hydroxyl groups is 1. The van der Waals surface area contributed by atoms with Crippen LogP contribution in [-0.2, 0) is 6.18 Å². The Labute approximate surface area is 119 Å². The highest BCUT2D eigenvalue weighted by Crippen LogP contribution is 2.34. The SMILES string of the molecule is CC(C)(C)[C@@H](O)c1nnc(-c2ccc(C(F)(F)F)cc2)o1. The molecule has 2 rings (SSSR count). The summed E-state index contributed by atoms with van der Waals surface area (Å²) < 4.78 is 42.8. The van der Waals surface area contributed by atoms with Gasteiger partial charge in [-0.3, -0.25) is 0 Å². The molecular formula is C14H15F3N2O2. The molecular weight excluding hydrogens is 285 g/mol. The van der Waals surface area contributed by atoms with Gasteiger partial charge < -0.3 is 9.52 Å². The van der Waals surface area contributed by atoms with Gasteiger partial charge in [-0.15, -0.1) is 10.2 Å². The first-order chi connectivity index (χ1) is 9.59. The van der Waals surface area contributed by atoms with Gasteiger partial charge in [0.25, 0.3) is 0 Å². The number of hydrogen-bond donors (Lipinski definition) is 1. The summed E-state index contributed by atoms with van der Waals surface area (Å²) in [6.07, 6.45) is -5.34. The third-order valence-electron chi connectivity index (χ3n) is 2.95. The summed E-state index contributed by atoms with van der Waals surface area (Å²) in [5.74, 6) is 0.111. The molecule has 0 aliphatic rings. The number of aromatic nitrogens is 2. The van der Waals surface area contributed by atoms with E-state index in [1.165, 1.54) is 12.1 Å². The molecule has 1 heterocycles. The minimum absolute atomic E-state index is 0.0393. The molecule has 7 heteroatoms. The van der Waals surface area contributed by atoms with Crippen LogP contribution in [0.15, 0.2) is 28.7 Å². The van der Waals surface area contributed by atoms with Gasteiger partial charge in [0.15, 0.2) is 0 Å². The van der Waals surface area contributed by atoms with E-state index < -0.39 is 23.3 Å². The van der Waals surface area contributed by atoms with Crippen LogP contribution >= 0.6 is 0 Å². The van der Waals surface area contributed by atoms with Crippen molar-refractivity contribution >= 4 is 0 Å². The predicted octanol–water partition coefficient (Wildman–Crippen LogP) is 3.83. The Kier molecular flexibility index (Phi) is 3.79. The second-order valence-corrected chi connectivity index (χ2v) is 5.79. The molecule has 0 radical (unpaired) electrons. The van der Waals surface area contributed by atoms with Crippen molar-refractivity contribution < 1.29 is 22.7 Å². The van der Waals surface area contributed by atoms with Gasteiger partial charge in [-0.1, -0.05) is 20.8 Å². The van der Waals surface area contributed by atoms with Gasteiger partial charge in [0, 0.05) is 5.56 Å². The van der Waals surface area contributed by atoms with Gasteiger partial charge in [-0.2, -0.15) is 13.2 Å². The summed E-state index contributed by atoms with van der Waals surface area (Å²) >= 11 is 0. The molecule has 21 heavy (non-hydrogen) atoms. The third-order valence-corrected chi connectivity index (χ3v) is 2.95. The van der Waals surface area contributed by atoms with E-state index in [2.05, 4.69) is 10.2 Å². The van der Waals surface area contributed by atoms with Crippen LogP contribution in [0.1, 0.15) is 38.3 Å². The van der Waals surface area contributed by atoms with E-state index in [1.54, 1.807) is 20.8 Å². The van der Waals surface area contributed by atoms with E-state index in [1.807, 2.05) is 0 Å². The maximum atomic E-state index is 12.5. The molecule has 0 unspecified atom stereocenters. The van der Waals surface area contributed by atoms with Crippen molar-refractivity contribution in [2.24, 2.45) is 5.41 Å². The lowest BCUT2D eigenvalue weighted by Crippen LogP contribution is -2.18. The maximum Gasteiger partial charge on any atom is 0.416 e. The summed E-state index contributed by atoms with van der Waals surface area (Å²) in [7, 11) is 0. The summed E-state index contributed by atoms with van der Waals surface area (Å²) in [5, 5.41) is 17.5. The van der Waals surface area contributed by atoms with Gasteiger partial charge in [0.1, 0.15) is 6.10 Å². The molecule has 0 saturated carbocycles. The van der Waals surface area contributed by atoms with Crippen molar-refractivity contribution in [3.63, 3.8) is 0 Å². The summed E-state index contributed by atoms with van der Waals surface area (Å²) in [6, 6.07) is 4.39. The molecule has 0 bridgehead atoms. The van der Waals surface area contributed by atoms with Gasteiger partial charge in [-0.25, -0.2) is 0 Å². The van der Waals surface area contributed by atoms with Crippen molar-refractivity contribution in [1.29, 1.82) is 0 Å². The number of nitrogens with zero attached hydrogens (tertiary/aromatic N) is 2. The van der Waals surface area contributed by atoms with Crippen molar-refractivity contribution in [3.05, 3.63) is 35.7 Å². The minimum atomic E-state index is -4.39. The van der Waals surface area contributed by atoms with E-state index in [9.17, 15) is 18.3 Å². The standard InChI is InChI=1S/C14H15F3N2O2/c1-13(2,3)10(20)12-19-18-11(21-12)8-4-6-9(7-5-8)14(15,16)17/h4-7,10,20H,1-3H3/t10-/m0/s1. The molecule has 0 aliphatic carbocycles. The average Bonchev–Trinajstić information content (AvgIpc) is 2.85. The second-order valence-electron chi connectivity index (χ2n) is 5.79. The zero-order valence-electron chi connectivity index (χ0n) is 11.8. The Morgan fingerprint density at radius 1 is 1.05 bits per heavy atom. The molecule has 4 nitrogen and oxygen atoms in total. The molecule has 1 aromatic carbocycles. The van der Waals surface area contributed by atoms with Crippen molar-refractivity contribution in [1.82, 2.24) is 10.2 Å². The molecule has 0 aliphatic heterocycles. The smallest absolute Gasteiger partial charge is 0.416 e. The van der Waals surface area contributed by atoms with Crippen molar-refractivity contribution in [2.75, 3.05) is 0 Å². The highest BCUT2D eigenvalue weighted by molar-refractivity contribution is 5.53. The van der Waals surface area contributed by atoms with Crippen LogP contribution in [0.25, 0.3) is 11.5 Å². The molecule has 0 amide bonds. The summed E-state index contributed by atoms with van der Waals surface area (Å²) in [5.41, 5.74) is -0.868. The van der Waals surface area contributed by atoms with Crippen LogP contribution in [0.5, 0.6) is 0 Å². The Hall–Kier alpha value is -1.89. The van der Waals surface area contributed by atoms with Gasteiger partial charge in [-0.05, 0) is 29.7 Å². The summed E-state index contributed by atoms with van der Waals surface area (Å²) in [6.45, 7) is 5.42. The fourth-order valence-electron chi connectivity index (χ4n) is 1.63. The van der Waals surface area contributed by atoms with Gasteiger partial charge >= 0.3 is 6.18 Å². The molecule has 0 saturated heterocycles. The van der Waals surface area contributed by atoms with E-state index in [0.717, 1.165) is 12.1 Å². The normalized spacial score (nSPS) is 14.2. The van der Waals surface area contributed by atoms with Crippen molar-refractivity contribution in [2.45, 2.75) is 33.1 Å². The fourth-order valence-corrected chi connectivity index (χ4v) is 1.63. The predicted molar refractivity (Wildman–Crippen MR) is 69.2 cm³/mol. The zero-order valence-corrected chi connectivity index (χ0v) is 11.8. The molecule has 0 spiro atoms. The number of halogens is 3.